The first-order valence-corrected chi connectivity index (χ1v) is 10.4. The van der Waals surface area contributed by atoms with E-state index in [1.807, 2.05) is 0 Å². The van der Waals surface area contributed by atoms with Gasteiger partial charge in [0.25, 0.3) is 0 Å². The summed E-state index contributed by atoms with van der Waals surface area (Å²) in [6.07, 6.45) is 6.20. The summed E-state index contributed by atoms with van der Waals surface area (Å²) in [5.41, 5.74) is 6.49. The second-order valence-electron chi connectivity index (χ2n) is 9.54. The lowest BCUT2D eigenvalue weighted by Gasteiger charge is -2.58. The van der Waals surface area contributed by atoms with Crippen LogP contribution < -0.4 is 5.73 Å². The molecule has 152 valence electrons. The Morgan fingerprint density at radius 2 is 1.96 bits per heavy atom. The molecule has 0 radical (unpaired) electrons. The van der Waals surface area contributed by atoms with E-state index in [0.29, 0.717) is 6.61 Å². The average molecular weight is 380 g/mol. The minimum Gasteiger partial charge on any atom is -0.465 e. The van der Waals surface area contributed by atoms with Gasteiger partial charge in [-0.1, -0.05) is 6.92 Å². The topological polar surface area (TPSA) is 96.1 Å². The molecule has 3 aliphatic heterocycles. The quantitative estimate of drug-likeness (QED) is 0.779. The van der Waals surface area contributed by atoms with Crippen LogP contribution >= 0.6 is 0 Å². The van der Waals surface area contributed by atoms with Crippen LogP contribution in [0.1, 0.15) is 65.2 Å². The number of hydrogen-bond donors (Lipinski definition) is 2. The van der Waals surface area contributed by atoms with Crippen molar-refractivity contribution in [2.75, 3.05) is 13.2 Å². The van der Waals surface area contributed by atoms with Crippen molar-refractivity contribution in [2.24, 2.45) is 17.1 Å². The van der Waals surface area contributed by atoms with E-state index >= 15 is 0 Å². The smallest absolute Gasteiger partial charge is 0.408 e. The van der Waals surface area contributed by atoms with Crippen molar-refractivity contribution in [3.05, 3.63) is 0 Å². The lowest BCUT2D eigenvalue weighted by molar-refractivity contribution is -0.215. The molecule has 3 saturated heterocycles. The molecule has 3 N–H and O–H groups in total. The predicted octanol–water partition coefficient (Wildman–Crippen LogP) is 2.39. The number of fused-ring (bicyclic) bond motifs is 2. The Morgan fingerprint density at radius 3 is 2.59 bits per heavy atom. The van der Waals surface area contributed by atoms with Gasteiger partial charge < -0.3 is 15.6 Å². The fraction of sp³-hybridized carbons (Fsp3) is 0.900. The van der Waals surface area contributed by atoms with E-state index in [2.05, 4.69) is 11.8 Å². The Morgan fingerprint density at radius 1 is 1.22 bits per heavy atom. The molecule has 4 rings (SSSR count). The van der Waals surface area contributed by atoms with E-state index in [-0.39, 0.29) is 35.4 Å². The van der Waals surface area contributed by atoms with E-state index in [4.69, 9.17) is 10.5 Å². The molecule has 0 aromatic heterocycles. The molecule has 3 heterocycles. The summed E-state index contributed by atoms with van der Waals surface area (Å²) in [5, 5.41) is 9.79. The van der Waals surface area contributed by atoms with E-state index in [1.165, 1.54) is 0 Å². The summed E-state index contributed by atoms with van der Waals surface area (Å²) in [5.74, 6) is -0.0780. The maximum atomic E-state index is 12.5. The summed E-state index contributed by atoms with van der Waals surface area (Å²) >= 11 is 0. The monoisotopic (exact) mass is 379 g/mol. The first-order valence-electron chi connectivity index (χ1n) is 10.4. The van der Waals surface area contributed by atoms with Gasteiger partial charge in [0.05, 0.1) is 24.4 Å². The van der Waals surface area contributed by atoms with Gasteiger partial charge in [0.2, 0.25) is 0 Å². The number of carboxylic acid groups (broad SMARTS) is 1. The van der Waals surface area contributed by atoms with Crippen molar-refractivity contribution in [3.8, 4) is 0 Å². The molecule has 4 aliphatic rings. The fourth-order valence-electron chi connectivity index (χ4n) is 5.81. The molecule has 27 heavy (non-hydrogen) atoms. The fourth-order valence-corrected chi connectivity index (χ4v) is 5.81. The van der Waals surface area contributed by atoms with Crippen LogP contribution in [0.25, 0.3) is 0 Å². The zero-order valence-electron chi connectivity index (χ0n) is 16.5. The van der Waals surface area contributed by atoms with Crippen molar-refractivity contribution in [2.45, 2.75) is 89.2 Å². The molecule has 1 saturated carbocycles. The molecule has 0 aromatic rings. The highest BCUT2D eigenvalue weighted by Crippen LogP contribution is 2.54. The number of hydrogen-bond acceptors (Lipinski definition) is 5. The second-order valence-corrected chi connectivity index (χ2v) is 9.54. The predicted molar refractivity (Wildman–Crippen MR) is 100 cm³/mol. The Kier molecular flexibility index (Phi) is 4.76. The van der Waals surface area contributed by atoms with Crippen molar-refractivity contribution < 1.29 is 19.4 Å². The van der Waals surface area contributed by atoms with Gasteiger partial charge in [-0.3, -0.25) is 14.6 Å². The molecule has 2 bridgehead atoms. The Balaban J connectivity index is 1.66. The third-order valence-corrected chi connectivity index (χ3v) is 7.44. The lowest BCUT2D eigenvalue weighted by atomic mass is 9.74. The van der Waals surface area contributed by atoms with Crippen molar-refractivity contribution in [1.29, 1.82) is 0 Å². The molecular weight excluding hydrogens is 346 g/mol. The van der Waals surface area contributed by atoms with E-state index in [1.54, 1.807) is 11.8 Å². The number of nitrogens with zero attached hydrogens (tertiary/aromatic N) is 2. The zero-order chi connectivity index (χ0) is 19.4. The van der Waals surface area contributed by atoms with Gasteiger partial charge in [0.1, 0.15) is 12.0 Å². The Bertz CT molecular complexity index is 622. The van der Waals surface area contributed by atoms with Crippen LogP contribution in [0.4, 0.5) is 4.79 Å². The Labute approximate surface area is 161 Å². The number of piperidine rings is 2. The summed E-state index contributed by atoms with van der Waals surface area (Å²) in [6, 6.07) is -0.255. The SMILES string of the molecule is CC(=O)C1CCCN(C2OCC3CCCC2N3C(=O)O)C1(N)CC1(C)CC1. The van der Waals surface area contributed by atoms with Gasteiger partial charge in [-0.15, -0.1) is 0 Å². The van der Waals surface area contributed by atoms with Gasteiger partial charge in [0, 0.05) is 12.5 Å². The van der Waals surface area contributed by atoms with Crippen molar-refractivity contribution >= 4 is 11.9 Å². The lowest BCUT2D eigenvalue weighted by Crippen LogP contribution is -2.74. The third-order valence-electron chi connectivity index (χ3n) is 7.44. The maximum absolute atomic E-state index is 12.5. The summed E-state index contributed by atoms with van der Waals surface area (Å²) in [4.78, 5) is 28.2. The number of rotatable bonds is 4. The summed E-state index contributed by atoms with van der Waals surface area (Å²) in [7, 11) is 0. The number of nitrogens with two attached hydrogens (primary N) is 1. The summed E-state index contributed by atoms with van der Waals surface area (Å²) < 4.78 is 6.25. The molecule has 0 spiro atoms. The molecule has 5 unspecified atom stereocenters. The van der Waals surface area contributed by atoms with E-state index in [9.17, 15) is 14.7 Å². The van der Waals surface area contributed by atoms with Gasteiger partial charge in [-0.05, 0) is 63.7 Å². The molecule has 1 aliphatic carbocycles. The van der Waals surface area contributed by atoms with Crippen LogP contribution in [-0.2, 0) is 9.53 Å². The number of ketones is 1. The van der Waals surface area contributed by atoms with Crippen LogP contribution in [0, 0.1) is 11.3 Å². The highest BCUT2D eigenvalue weighted by atomic mass is 16.5. The Hall–Kier alpha value is -1.18. The average Bonchev–Trinajstić information content (AvgIpc) is 3.31. The van der Waals surface area contributed by atoms with Crippen LogP contribution in [0.15, 0.2) is 0 Å². The molecule has 7 heteroatoms. The van der Waals surface area contributed by atoms with Crippen LogP contribution in [0.2, 0.25) is 0 Å². The van der Waals surface area contributed by atoms with Crippen molar-refractivity contribution in [3.63, 3.8) is 0 Å². The number of likely N-dealkylation sites (tertiary alicyclic amines) is 1. The van der Waals surface area contributed by atoms with Gasteiger partial charge in [-0.25, -0.2) is 4.79 Å². The van der Waals surface area contributed by atoms with Crippen LogP contribution in [0.3, 0.4) is 0 Å². The van der Waals surface area contributed by atoms with Gasteiger partial charge >= 0.3 is 6.09 Å². The van der Waals surface area contributed by atoms with Crippen LogP contribution in [-0.4, -0.2) is 63.9 Å². The number of carbonyl (C=O) groups excluding carboxylic acids is 1. The zero-order valence-corrected chi connectivity index (χ0v) is 16.5. The minimum atomic E-state index is -0.866. The summed E-state index contributed by atoms with van der Waals surface area (Å²) in [6.45, 7) is 5.07. The number of morpholine rings is 1. The van der Waals surface area contributed by atoms with Crippen LogP contribution in [0.5, 0.6) is 0 Å². The normalized spacial score (nSPS) is 41.2. The number of ether oxygens (including phenoxy) is 1. The molecule has 4 fully saturated rings. The van der Waals surface area contributed by atoms with Gasteiger partial charge in [0.15, 0.2) is 0 Å². The van der Waals surface area contributed by atoms with Crippen molar-refractivity contribution in [1.82, 2.24) is 9.80 Å². The number of Topliss-reactive ketones (excluding diaryl/α,β-unsaturated/α-hetero) is 1. The van der Waals surface area contributed by atoms with E-state index < -0.39 is 11.8 Å². The first kappa shape index (κ1) is 19.2. The van der Waals surface area contributed by atoms with E-state index in [0.717, 1.165) is 57.9 Å². The standard InChI is InChI=1S/C20H33N3O4/c1-13(24)15-6-4-10-22(20(15,21)12-19(2)8-9-19)17-16-7-3-5-14(11-27-17)23(16)18(25)26/h14-17H,3-12,21H2,1-2H3,(H,25,26). The third kappa shape index (κ3) is 3.28. The molecule has 7 nitrogen and oxygen atoms in total. The molecule has 0 aromatic carbocycles. The highest BCUT2D eigenvalue weighted by molar-refractivity contribution is 5.79. The number of amides is 1. The molecular formula is C20H33N3O4. The molecule has 5 atom stereocenters. The second kappa shape index (κ2) is 6.71. The maximum Gasteiger partial charge on any atom is 0.408 e. The first-order chi connectivity index (χ1) is 12.8. The molecule has 1 amide bonds. The number of carbonyl (C=O) groups is 2. The minimum absolute atomic E-state index is 0.0565. The largest absolute Gasteiger partial charge is 0.465 e. The van der Waals surface area contributed by atoms with Gasteiger partial charge in [-0.2, -0.15) is 0 Å². The highest BCUT2D eigenvalue weighted by Gasteiger charge is 2.57.